The van der Waals surface area contributed by atoms with Crippen molar-refractivity contribution >= 4 is 21.8 Å². The number of rotatable bonds is 4. The lowest BCUT2D eigenvalue weighted by molar-refractivity contribution is 0.0641. The van der Waals surface area contributed by atoms with E-state index in [0.29, 0.717) is 16.8 Å². The number of pyridine rings is 1. The summed E-state index contributed by atoms with van der Waals surface area (Å²) in [5.41, 5.74) is 1.48. The molecule has 6 heteroatoms. The Kier molecular flexibility index (Phi) is 5.46. The number of furan rings is 1. The molecule has 1 N–H and O–H groups in total. The van der Waals surface area contributed by atoms with Crippen molar-refractivity contribution in [3.05, 3.63) is 52.7 Å². The minimum atomic E-state index is -0.00277. The van der Waals surface area contributed by atoms with Gasteiger partial charge in [0.25, 0.3) is 5.91 Å². The smallest absolute Gasteiger partial charge is 0.257 e. The van der Waals surface area contributed by atoms with Crippen molar-refractivity contribution in [3.8, 4) is 0 Å². The van der Waals surface area contributed by atoms with Crippen molar-refractivity contribution < 1.29 is 9.21 Å². The van der Waals surface area contributed by atoms with Gasteiger partial charge in [0.2, 0.25) is 0 Å². The van der Waals surface area contributed by atoms with Crippen molar-refractivity contribution in [2.24, 2.45) is 0 Å². The van der Waals surface area contributed by atoms with Gasteiger partial charge in [-0.2, -0.15) is 0 Å². The van der Waals surface area contributed by atoms with Crippen LogP contribution in [0.1, 0.15) is 35.3 Å². The molecule has 3 rings (SSSR count). The van der Waals surface area contributed by atoms with Crippen LogP contribution in [0.25, 0.3) is 0 Å². The molecule has 1 fully saturated rings. The minimum Gasteiger partial charge on any atom is -0.457 e. The molecule has 0 bridgehead atoms. The predicted molar refractivity (Wildman–Crippen MR) is 91.0 cm³/mol. The van der Waals surface area contributed by atoms with E-state index in [9.17, 15) is 4.79 Å². The van der Waals surface area contributed by atoms with E-state index in [1.807, 2.05) is 23.1 Å². The highest BCUT2D eigenvalue weighted by molar-refractivity contribution is 9.10. The third kappa shape index (κ3) is 4.20. The number of aromatic nitrogens is 1. The fourth-order valence-corrected chi connectivity index (χ4v) is 3.27. The Balaban J connectivity index is 1.84. The first-order chi connectivity index (χ1) is 11.2. The molecule has 1 aliphatic heterocycles. The Bertz CT molecular complexity index is 636. The Labute approximate surface area is 144 Å². The van der Waals surface area contributed by atoms with Gasteiger partial charge in [0, 0.05) is 18.3 Å². The number of hydrogen-bond donors (Lipinski definition) is 1. The maximum Gasteiger partial charge on any atom is 0.257 e. The van der Waals surface area contributed by atoms with Gasteiger partial charge in [0.1, 0.15) is 6.26 Å². The van der Waals surface area contributed by atoms with E-state index in [4.69, 9.17) is 4.42 Å². The van der Waals surface area contributed by atoms with Crippen LogP contribution in [0.3, 0.4) is 0 Å². The van der Waals surface area contributed by atoms with Gasteiger partial charge in [-0.3, -0.25) is 9.78 Å². The molecule has 122 valence electrons. The molecule has 2 aromatic heterocycles. The third-order valence-electron chi connectivity index (χ3n) is 4.12. The Morgan fingerprint density at radius 1 is 1.39 bits per heavy atom. The molecule has 1 saturated heterocycles. The normalized spacial score (nSPS) is 18.4. The van der Waals surface area contributed by atoms with Crippen molar-refractivity contribution in [3.63, 3.8) is 0 Å². The number of carbonyl (C=O) groups is 1. The number of nitrogens with zero attached hydrogens (tertiary/aromatic N) is 2. The van der Waals surface area contributed by atoms with Crippen molar-refractivity contribution in [1.82, 2.24) is 15.2 Å². The lowest BCUT2D eigenvalue weighted by Crippen LogP contribution is -2.40. The summed E-state index contributed by atoms with van der Waals surface area (Å²) < 4.78 is 5.81. The van der Waals surface area contributed by atoms with Crippen LogP contribution in [0, 0.1) is 0 Å². The van der Waals surface area contributed by atoms with Gasteiger partial charge >= 0.3 is 0 Å². The van der Waals surface area contributed by atoms with E-state index in [1.54, 1.807) is 12.3 Å². The highest BCUT2D eigenvalue weighted by atomic mass is 79.9. The number of hydrogen-bond acceptors (Lipinski definition) is 4. The minimum absolute atomic E-state index is 0.00277. The average molecular weight is 378 g/mol. The largest absolute Gasteiger partial charge is 0.457 e. The second kappa shape index (κ2) is 7.75. The molecule has 1 unspecified atom stereocenters. The van der Waals surface area contributed by atoms with Crippen LogP contribution in [-0.2, 0) is 6.54 Å². The zero-order valence-corrected chi connectivity index (χ0v) is 14.5. The SMILES string of the molecule is O=C(c1coc(Br)c1)N(Cc1ccccn1)C1CCCNCC1. The summed E-state index contributed by atoms with van der Waals surface area (Å²) in [6.07, 6.45) is 6.31. The van der Waals surface area contributed by atoms with Gasteiger partial charge in [-0.05, 0) is 60.4 Å². The maximum atomic E-state index is 13.0. The molecular formula is C17H20BrN3O2. The average Bonchev–Trinajstić information content (AvgIpc) is 2.84. The number of nitrogens with one attached hydrogen (secondary N) is 1. The Morgan fingerprint density at radius 3 is 3.04 bits per heavy atom. The first kappa shape index (κ1) is 16.2. The Hall–Kier alpha value is -1.66. The molecule has 0 spiro atoms. The molecule has 23 heavy (non-hydrogen) atoms. The van der Waals surface area contributed by atoms with E-state index < -0.39 is 0 Å². The molecule has 1 atom stereocenters. The van der Waals surface area contributed by atoms with Crippen LogP contribution in [0.4, 0.5) is 0 Å². The van der Waals surface area contributed by atoms with E-state index in [-0.39, 0.29) is 11.9 Å². The van der Waals surface area contributed by atoms with Crippen molar-refractivity contribution in [1.29, 1.82) is 0 Å². The number of amides is 1. The van der Waals surface area contributed by atoms with Crippen LogP contribution in [-0.4, -0.2) is 34.9 Å². The molecule has 0 saturated carbocycles. The molecule has 1 aliphatic rings. The lowest BCUT2D eigenvalue weighted by Gasteiger charge is -2.30. The van der Waals surface area contributed by atoms with E-state index in [0.717, 1.165) is 38.0 Å². The zero-order valence-electron chi connectivity index (χ0n) is 12.9. The molecule has 2 aromatic rings. The second-order valence-corrected chi connectivity index (χ2v) is 6.51. The summed E-state index contributed by atoms with van der Waals surface area (Å²) in [5, 5.41) is 3.40. The summed E-state index contributed by atoms with van der Waals surface area (Å²) in [6.45, 7) is 2.47. The first-order valence-electron chi connectivity index (χ1n) is 7.89. The summed E-state index contributed by atoms with van der Waals surface area (Å²) >= 11 is 3.27. The molecule has 0 radical (unpaired) electrons. The fraction of sp³-hybridized carbons (Fsp3) is 0.412. The van der Waals surface area contributed by atoms with Crippen LogP contribution in [0.15, 0.2) is 45.8 Å². The van der Waals surface area contributed by atoms with Gasteiger partial charge < -0.3 is 14.6 Å². The quantitative estimate of drug-likeness (QED) is 0.888. The Morgan fingerprint density at radius 2 is 2.30 bits per heavy atom. The second-order valence-electron chi connectivity index (χ2n) is 5.73. The summed E-state index contributed by atoms with van der Waals surface area (Å²) in [7, 11) is 0. The van der Waals surface area contributed by atoms with E-state index in [2.05, 4.69) is 26.2 Å². The fourth-order valence-electron chi connectivity index (χ4n) is 2.93. The van der Waals surface area contributed by atoms with Gasteiger partial charge in [-0.1, -0.05) is 6.07 Å². The summed E-state index contributed by atoms with van der Waals surface area (Å²) in [6, 6.07) is 7.74. The molecule has 3 heterocycles. The van der Waals surface area contributed by atoms with Gasteiger partial charge in [0.15, 0.2) is 4.67 Å². The molecule has 0 aliphatic carbocycles. The predicted octanol–water partition coefficient (Wildman–Crippen LogP) is 3.22. The van der Waals surface area contributed by atoms with E-state index >= 15 is 0 Å². The highest BCUT2D eigenvalue weighted by Crippen LogP contribution is 2.22. The van der Waals surface area contributed by atoms with Gasteiger partial charge in [-0.25, -0.2) is 0 Å². The van der Waals surface area contributed by atoms with Gasteiger partial charge in [-0.15, -0.1) is 0 Å². The van der Waals surface area contributed by atoms with Crippen molar-refractivity contribution in [2.45, 2.75) is 31.8 Å². The van der Waals surface area contributed by atoms with Crippen LogP contribution < -0.4 is 5.32 Å². The number of halogens is 1. The first-order valence-corrected chi connectivity index (χ1v) is 8.69. The molecule has 0 aromatic carbocycles. The number of carbonyl (C=O) groups excluding carboxylic acids is 1. The standard InChI is InChI=1S/C17H20BrN3O2/c18-16-10-13(12-23-16)17(22)21(11-14-4-1-2-8-20-14)15-5-3-7-19-9-6-15/h1-2,4,8,10,12,15,19H,3,5-7,9,11H2. The topological polar surface area (TPSA) is 58.4 Å². The van der Waals surface area contributed by atoms with Gasteiger partial charge in [0.05, 0.1) is 17.8 Å². The highest BCUT2D eigenvalue weighted by Gasteiger charge is 2.27. The molecule has 5 nitrogen and oxygen atoms in total. The van der Waals surface area contributed by atoms with Crippen LogP contribution in [0.5, 0.6) is 0 Å². The lowest BCUT2D eigenvalue weighted by atomic mass is 10.1. The summed E-state index contributed by atoms with van der Waals surface area (Å²) in [4.78, 5) is 19.3. The summed E-state index contributed by atoms with van der Waals surface area (Å²) in [5.74, 6) is -0.00277. The van der Waals surface area contributed by atoms with E-state index in [1.165, 1.54) is 6.26 Å². The maximum absolute atomic E-state index is 13.0. The van der Waals surface area contributed by atoms with Crippen molar-refractivity contribution in [2.75, 3.05) is 13.1 Å². The molecular weight excluding hydrogens is 358 g/mol. The third-order valence-corrected chi connectivity index (χ3v) is 4.54. The molecule has 1 amide bonds. The van der Waals surface area contributed by atoms with Crippen LogP contribution >= 0.6 is 15.9 Å². The monoisotopic (exact) mass is 377 g/mol. The zero-order chi connectivity index (χ0) is 16.1. The van der Waals surface area contributed by atoms with Crippen LogP contribution in [0.2, 0.25) is 0 Å².